The van der Waals surface area contributed by atoms with E-state index >= 15 is 0 Å². The van der Waals surface area contributed by atoms with Crippen LogP contribution in [0, 0.1) is 0 Å². The molecule has 0 amide bonds. The van der Waals surface area contributed by atoms with E-state index in [2.05, 4.69) is 17.0 Å². The van der Waals surface area contributed by atoms with Gasteiger partial charge < -0.3 is 14.6 Å². The van der Waals surface area contributed by atoms with Gasteiger partial charge in [-0.25, -0.2) is 0 Å². The first kappa shape index (κ1) is 16.7. The summed E-state index contributed by atoms with van der Waals surface area (Å²) < 4.78 is 10.7. The Hall–Kier alpha value is -1.10. The molecule has 1 saturated carbocycles. The summed E-state index contributed by atoms with van der Waals surface area (Å²) in [6, 6.07) is 8.26. The maximum Gasteiger partial charge on any atom is 0.118 e. The van der Waals surface area contributed by atoms with Crippen molar-refractivity contribution < 1.29 is 14.6 Å². The largest absolute Gasteiger partial charge is 0.497 e. The Balaban J connectivity index is 1.81. The van der Waals surface area contributed by atoms with Gasteiger partial charge in [-0.05, 0) is 30.5 Å². The van der Waals surface area contributed by atoms with E-state index in [4.69, 9.17) is 9.47 Å². The van der Waals surface area contributed by atoms with E-state index in [9.17, 15) is 5.11 Å². The minimum absolute atomic E-state index is 0.159. The standard InChI is InChI=1S/C19H29NO3/c1-22-17-7-5-16(6-8-17)18(15-20-11-13-23-14-12-20)19(21)9-3-2-4-10-19/h5-8,18,21H,2-4,9-15H2,1H3. The molecule has 23 heavy (non-hydrogen) atoms. The first-order chi connectivity index (χ1) is 11.2. The van der Waals surface area contributed by atoms with E-state index in [1.54, 1.807) is 7.11 Å². The normalized spacial score (nSPS) is 23.4. The molecule has 3 rings (SSSR count). The fourth-order valence-electron chi connectivity index (χ4n) is 3.98. The molecule has 1 atom stereocenters. The van der Waals surface area contributed by atoms with Crippen LogP contribution in [0.3, 0.4) is 0 Å². The molecule has 128 valence electrons. The van der Waals surface area contributed by atoms with Crippen molar-refractivity contribution >= 4 is 0 Å². The van der Waals surface area contributed by atoms with Crippen molar-refractivity contribution in [2.45, 2.75) is 43.6 Å². The Morgan fingerprint density at radius 3 is 2.39 bits per heavy atom. The van der Waals surface area contributed by atoms with Crippen LogP contribution >= 0.6 is 0 Å². The molecule has 1 saturated heterocycles. The number of hydrogen-bond acceptors (Lipinski definition) is 4. The van der Waals surface area contributed by atoms with Crippen molar-refractivity contribution in [3.05, 3.63) is 29.8 Å². The number of ether oxygens (including phenoxy) is 2. The maximum atomic E-state index is 11.4. The molecule has 0 spiro atoms. The number of rotatable bonds is 5. The van der Waals surface area contributed by atoms with E-state index in [1.807, 2.05) is 12.1 Å². The Kier molecular flexibility index (Phi) is 5.57. The molecule has 2 fully saturated rings. The molecule has 4 nitrogen and oxygen atoms in total. The molecule has 1 heterocycles. The topological polar surface area (TPSA) is 41.9 Å². The smallest absolute Gasteiger partial charge is 0.118 e. The van der Waals surface area contributed by atoms with E-state index < -0.39 is 5.60 Å². The third-order valence-electron chi connectivity index (χ3n) is 5.43. The summed E-state index contributed by atoms with van der Waals surface area (Å²) >= 11 is 0. The molecule has 0 radical (unpaired) electrons. The number of morpholine rings is 1. The lowest BCUT2D eigenvalue weighted by atomic mass is 9.72. The van der Waals surface area contributed by atoms with Crippen molar-refractivity contribution in [1.29, 1.82) is 0 Å². The number of aliphatic hydroxyl groups is 1. The van der Waals surface area contributed by atoms with Gasteiger partial charge in [-0.15, -0.1) is 0 Å². The average Bonchev–Trinajstić information content (AvgIpc) is 2.61. The summed E-state index contributed by atoms with van der Waals surface area (Å²) in [5.41, 5.74) is 0.646. The van der Waals surface area contributed by atoms with Crippen molar-refractivity contribution in [3.8, 4) is 5.75 Å². The summed E-state index contributed by atoms with van der Waals surface area (Å²) in [5, 5.41) is 11.4. The molecule has 1 unspecified atom stereocenters. The van der Waals surface area contributed by atoms with Crippen molar-refractivity contribution in [3.63, 3.8) is 0 Å². The minimum Gasteiger partial charge on any atom is -0.497 e. The van der Waals surface area contributed by atoms with E-state index in [0.29, 0.717) is 0 Å². The molecule has 1 aliphatic carbocycles. The van der Waals surface area contributed by atoms with Crippen LogP contribution in [-0.2, 0) is 4.74 Å². The average molecular weight is 319 g/mol. The predicted molar refractivity (Wildman–Crippen MR) is 91.0 cm³/mol. The Labute approximate surface area is 139 Å². The van der Waals surface area contributed by atoms with Gasteiger partial charge in [-0.1, -0.05) is 31.4 Å². The van der Waals surface area contributed by atoms with Gasteiger partial charge in [0.2, 0.25) is 0 Å². The zero-order valence-corrected chi connectivity index (χ0v) is 14.2. The van der Waals surface area contributed by atoms with Gasteiger partial charge in [0.15, 0.2) is 0 Å². The van der Waals surface area contributed by atoms with Gasteiger partial charge in [0.1, 0.15) is 5.75 Å². The Morgan fingerprint density at radius 2 is 1.78 bits per heavy atom. The molecule has 4 heteroatoms. The van der Waals surface area contributed by atoms with Gasteiger partial charge in [0, 0.05) is 25.6 Å². The van der Waals surface area contributed by atoms with E-state index in [0.717, 1.165) is 64.3 Å². The first-order valence-electron chi connectivity index (χ1n) is 8.88. The van der Waals surface area contributed by atoms with Crippen LogP contribution in [-0.4, -0.2) is 55.6 Å². The molecule has 2 aliphatic rings. The predicted octanol–water partition coefficient (Wildman–Crippen LogP) is 2.81. The SMILES string of the molecule is COc1ccc(C(CN2CCOCC2)C2(O)CCCCC2)cc1. The fraction of sp³-hybridized carbons (Fsp3) is 0.684. The van der Waals surface area contributed by atoms with Gasteiger partial charge >= 0.3 is 0 Å². The van der Waals surface area contributed by atoms with Crippen LogP contribution in [0.1, 0.15) is 43.6 Å². The van der Waals surface area contributed by atoms with Crippen LogP contribution < -0.4 is 4.74 Å². The molecule has 1 N–H and O–H groups in total. The lowest BCUT2D eigenvalue weighted by Crippen LogP contribution is -2.47. The molecular formula is C19H29NO3. The van der Waals surface area contributed by atoms with Crippen molar-refractivity contribution in [1.82, 2.24) is 4.90 Å². The molecular weight excluding hydrogens is 290 g/mol. The monoisotopic (exact) mass is 319 g/mol. The number of hydrogen-bond donors (Lipinski definition) is 1. The lowest BCUT2D eigenvalue weighted by Gasteiger charge is -2.42. The summed E-state index contributed by atoms with van der Waals surface area (Å²) in [6.45, 7) is 4.43. The van der Waals surface area contributed by atoms with Gasteiger partial charge in [-0.2, -0.15) is 0 Å². The second kappa shape index (κ2) is 7.65. The third-order valence-corrected chi connectivity index (χ3v) is 5.43. The van der Waals surface area contributed by atoms with Gasteiger partial charge in [0.05, 0.1) is 25.9 Å². The zero-order chi connectivity index (χ0) is 16.1. The van der Waals surface area contributed by atoms with Crippen LogP contribution in [0.2, 0.25) is 0 Å². The van der Waals surface area contributed by atoms with Gasteiger partial charge in [-0.3, -0.25) is 4.90 Å². The maximum absolute atomic E-state index is 11.4. The second-order valence-corrected chi connectivity index (χ2v) is 6.90. The molecule has 1 aromatic carbocycles. The highest BCUT2D eigenvalue weighted by Gasteiger charge is 2.39. The summed E-state index contributed by atoms with van der Waals surface area (Å²) in [6.07, 6.45) is 5.33. The Morgan fingerprint density at radius 1 is 1.13 bits per heavy atom. The summed E-state index contributed by atoms with van der Waals surface area (Å²) in [5.74, 6) is 1.03. The van der Waals surface area contributed by atoms with Crippen LogP contribution in [0.15, 0.2) is 24.3 Å². The second-order valence-electron chi connectivity index (χ2n) is 6.90. The third kappa shape index (κ3) is 4.06. The number of methoxy groups -OCH3 is 1. The molecule has 0 bridgehead atoms. The lowest BCUT2D eigenvalue weighted by molar-refractivity contribution is -0.0414. The summed E-state index contributed by atoms with van der Waals surface area (Å²) in [4.78, 5) is 2.44. The quantitative estimate of drug-likeness (QED) is 0.906. The molecule has 1 aliphatic heterocycles. The fourth-order valence-corrected chi connectivity index (χ4v) is 3.98. The number of nitrogens with zero attached hydrogens (tertiary/aromatic N) is 1. The molecule has 0 aromatic heterocycles. The molecule has 1 aromatic rings. The highest BCUT2D eigenvalue weighted by atomic mass is 16.5. The summed E-state index contributed by atoms with van der Waals surface area (Å²) in [7, 11) is 1.69. The highest BCUT2D eigenvalue weighted by Crippen LogP contribution is 2.40. The van der Waals surface area contributed by atoms with Crippen LogP contribution in [0.5, 0.6) is 5.75 Å². The minimum atomic E-state index is -0.578. The number of benzene rings is 1. The van der Waals surface area contributed by atoms with Crippen molar-refractivity contribution in [2.24, 2.45) is 0 Å². The van der Waals surface area contributed by atoms with E-state index in [1.165, 1.54) is 12.0 Å². The van der Waals surface area contributed by atoms with Crippen molar-refractivity contribution in [2.75, 3.05) is 40.0 Å². The van der Waals surface area contributed by atoms with Crippen LogP contribution in [0.25, 0.3) is 0 Å². The first-order valence-corrected chi connectivity index (χ1v) is 8.88. The van der Waals surface area contributed by atoms with Gasteiger partial charge in [0.25, 0.3) is 0 Å². The van der Waals surface area contributed by atoms with Crippen LogP contribution in [0.4, 0.5) is 0 Å². The zero-order valence-electron chi connectivity index (χ0n) is 14.2. The Bertz CT molecular complexity index is 476. The highest BCUT2D eigenvalue weighted by molar-refractivity contribution is 5.31. The van der Waals surface area contributed by atoms with E-state index in [-0.39, 0.29) is 5.92 Å².